The van der Waals surface area contributed by atoms with Gasteiger partial charge in [-0.3, -0.25) is 4.79 Å². The van der Waals surface area contributed by atoms with Gasteiger partial charge in [-0.1, -0.05) is 6.07 Å². The summed E-state index contributed by atoms with van der Waals surface area (Å²) < 4.78 is 10.8. The summed E-state index contributed by atoms with van der Waals surface area (Å²) in [6.07, 6.45) is 8.65. The number of ether oxygens (including phenoxy) is 2. The van der Waals surface area contributed by atoms with Crippen molar-refractivity contribution in [1.82, 2.24) is 4.98 Å². The van der Waals surface area contributed by atoms with Gasteiger partial charge in [0.25, 0.3) is 0 Å². The fourth-order valence-electron chi connectivity index (χ4n) is 3.19. The highest BCUT2D eigenvalue weighted by Gasteiger charge is 2.12. The van der Waals surface area contributed by atoms with Gasteiger partial charge in [-0.2, -0.15) is 0 Å². The fraction of sp³-hybridized carbons (Fsp3) is 0.364. The minimum atomic E-state index is -0.208. The minimum absolute atomic E-state index is 0.208. The monoisotopic (exact) mass is 381 g/mol. The summed E-state index contributed by atoms with van der Waals surface area (Å²) in [6.45, 7) is 4.59. The first kappa shape index (κ1) is 19.7. The number of methoxy groups -OCH3 is 1. The van der Waals surface area contributed by atoms with Crippen LogP contribution >= 0.6 is 0 Å². The average molecular weight is 381 g/mol. The lowest BCUT2D eigenvalue weighted by Crippen LogP contribution is -2.30. The molecule has 1 aliphatic rings. The Morgan fingerprint density at radius 2 is 2.00 bits per heavy atom. The molecular weight excluding hydrogens is 354 g/mol. The van der Waals surface area contributed by atoms with Crippen molar-refractivity contribution in [2.75, 3.05) is 37.0 Å². The molecule has 3 rings (SSSR count). The molecule has 0 unspecified atom stereocenters. The maximum atomic E-state index is 12.2. The number of carbonyl (C=O) groups is 1. The highest BCUT2D eigenvalue weighted by Crippen LogP contribution is 2.28. The van der Waals surface area contributed by atoms with Crippen LogP contribution in [0.2, 0.25) is 0 Å². The molecule has 0 spiro atoms. The van der Waals surface area contributed by atoms with E-state index in [1.807, 2.05) is 37.3 Å². The third kappa shape index (κ3) is 5.25. The highest BCUT2D eigenvalue weighted by molar-refractivity contribution is 6.01. The van der Waals surface area contributed by atoms with Crippen LogP contribution in [-0.4, -0.2) is 37.7 Å². The molecule has 0 saturated carbocycles. The number of pyridine rings is 1. The molecule has 1 aliphatic heterocycles. The van der Waals surface area contributed by atoms with Gasteiger partial charge in [0.05, 0.1) is 25.6 Å². The van der Waals surface area contributed by atoms with Crippen LogP contribution < -0.4 is 19.7 Å². The quantitative estimate of drug-likeness (QED) is 0.731. The van der Waals surface area contributed by atoms with Crippen LogP contribution in [-0.2, 0) is 4.79 Å². The number of benzene rings is 1. The summed E-state index contributed by atoms with van der Waals surface area (Å²) in [7, 11) is 1.60. The number of nitrogens with one attached hydrogen (secondary N) is 1. The molecule has 1 aromatic carbocycles. The Morgan fingerprint density at radius 1 is 1.18 bits per heavy atom. The Kier molecular flexibility index (Phi) is 6.89. The van der Waals surface area contributed by atoms with E-state index in [1.165, 1.54) is 25.3 Å². The molecule has 0 bridgehead atoms. The second kappa shape index (κ2) is 9.78. The molecule has 1 fully saturated rings. The Balaban J connectivity index is 1.59. The first-order chi connectivity index (χ1) is 13.7. The van der Waals surface area contributed by atoms with Crippen molar-refractivity contribution in [3.63, 3.8) is 0 Å². The van der Waals surface area contributed by atoms with Crippen LogP contribution in [0, 0.1) is 0 Å². The first-order valence-electron chi connectivity index (χ1n) is 9.70. The molecule has 28 heavy (non-hydrogen) atoms. The maximum absolute atomic E-state index is 12.2. The number of carbonyl (C=O) groups excluding carboxylic acids is 1. The lowest BCUT2D eigenvalue weighted by Gasteiger charge is -2.27. The van der Waals surface area contributed by atoms with Gasteiger partial charge in [0.15, 0.2) is 11.5 Å². The third-order valence-electron chi connectivity index (χ3n) is 4.61. The molecule has 1 N–H and O–H groups in total. The minimum Gasteiger partial charge on any atom is -0.493 e. The molecule has 148 valence electrons. The molecular formula is C22H27N3O3. The predicted octanol–water partition coefficient (Wildman–Crippen LogP) is 4.13. The third-order valence-corrected chi connectivity index (χ3v) is 4.61. The SMILES string of the molecule is CCOc1ccc(/C=C/C(=O)Nc2ccc(N3CCCCC3)nc2)cc1OC. The second-order valence-corrected chi connectivity index (χ2v) is 6.62. The smallest absolute Gasteiger partial charge is 0.248 e. The van der Waals surface area contributed by atoms with E-state index >= 15 is 0 Å². The van der Waals surface area contributed by atoms with Crippen molar-refractivity contribution in [2.45, 2.75) is 26.2 Å². The Morgan fingerprint density at radius 3 is 2.68 bits per heavy atom. The van der Waals surface area contributed by atoms with Gasteiger partial charge in [-0.15, -0.1) is 0 Å². The van der Waals surface area contributed by atoms with Crippen molar-refractivity contribution >= 4 is 23.5 Å². The zero-order chi connectivity index (χ0) is 19.8. The number of hydrogen-bond acceptors (Lipinski definition) is 5. The summed E-state index contributed by atoms with van der Waals surface area (Å²) in [5, 5.41) is 2.84. The first-order valence-corrected chi connectivity index (χ1v) is 9.70. The Labute approximate surface area is 166 Å². The van der Waals surface area contributed by atoms with Crippen LogP contribution in [0.5, 0.6) is 11.5 Å². The highest BCUT2D eigenvalue weighted by atomic mass is 16.5. The Bertz CT molecular complexity index is 812. The number of piperidine rings is 1. The topological polar surface area (TPSA) is 63.7 Å². The molecule has 0 radical (unpaired) electrons. The van der Waals surface area contributed by atoms with Gasteiger partial charge in [-0.25, -0.2) is 4.98 Å². The van der Waals surface area contributed by atoms with Crippen molar-refractivity contribution in [1.29, 1.82) is 0 Å². The van der Waals surface area contributed by atoms with Gasteiger partial charge < -0.3 is 19.7 Å². The van der Waals surface area contributed by atoms with Crippen LogP contribution in [0.4, 0.5) is 11.5 Å². The molecule has 1 saturated heterocycles. The summed E-state index contributed by atoms with van der Waals surface area (Å²) >= 11 is 0. The van der Waals surface area contributed by atoms with Crippen molar-refractivity contribution in [3.05, 3.63) is 48.2 Å². The number of nitrogens with zero attached hydrogens (tertiary/aromatic N) is 2. The second-order valence-electron chi connectivity index (χ2n) is 6.62. The normalized spacial score (nSPS) is 14.1. The lowest BCUT2D eigenvalue weighted by atomic mass is 10.1. The van der Waals surface area contributed by atoms with E-state index in [-0.39, 0.29) is 5.91 Å². The molecule has 0 aliphatic carbocycles. The zero-order valence-corrected chi connectivity index (χ0v) is 16.5. The lowest BCUT2D eigenvalue weighted by molar-refractivity contribution is -0.111. The van der Waals surface area contributed by atoms with E-state index in [2.05, 4.69) is 15.2 Å². The van der Waals surface area contributed by atoms with Crippen molar-refractivity contribution < 1.29 is 14.3 Å². The van der Waals surface area contributed by atoms with Crippen molar-refractivity contribution in [2.24, 2.45) is 0 Å². The van der Waals surface area contributed by atoms with Gasteiger partial charge >= 0.3 is 0 Å². The Hall–Kier alpha value is -3.02. The summed E-state index contributed by atoms with van der Waals surface area (Å²) in [5.41, 5.74) is 1.54. The number of rotatable bonds is 7. The van der Waals surface area contributed by atoms with Crippen LogP contribution in [0.3, 0.4) is 0 Å². The van der Waals surface area contributed by atoms with E-state index in [9.17, 15) is 4.79 Å². The van der Waals surface area contributed by atoms with E-state index < -0.39 is 0 Å². The molecule has 2 heterocycles. The van der Waals surface area contributed by atoms with E-state index in [0.717, 1.165) is 24.5 Å². The number of amides is 1. The molecule has 6 nitrogen and oxygen atoms in total. The number of aromatic nitrogens is 1. The van der Waals surface area contributed by atoms with Crippen LogP contribution in [0.25, 0.3) is 6.08 Å². The van der Waals surface area contributed by atoms with Gasteiger partial charge in [0, 0.05) is 19.2 Å². The van der Waals surface area contributed by atoms with E-state index in [0.29, 0.717) is 23.8 Å². The van der Waals surface area contributed by atoms with E-state index in [1.54, 1.807) is 19.4 Å². The summed E-state index contributed by atoms with van der Waals surface area (Å²) in [5.74, 6) is 2.09. The van der Waals surface area contributed by atoms with Gasteiger partial charge in [0.1, 0.15) is 5.82 Å². The molecule has 1 aromatic heterocycles. The molecule has 0 atom stereocenters. The summed E-state index contributed by atoms with van der Waals surface area (Å²) in [6, 6.07) is 9.41. The van der Waals surface area contributed by atoms with Crippen molar-refractivity contribution in [3.8, 4) is 11.5 Å². The largest absolute Gasteiger partial charge is 0.493 e. The van der Waals surface area contributed by atoms with Gasteiger partial charge in [0.2, 0.25) is 5.91 Å². The standard InChI is InChI=1S/C22H27N3O3/c1-3-28-19-10-7-17(15-20(19)27-2)8-12-22(26)24-18-9-11-21(23-16-18)25-13-5-4-6-14-25/h7-12,15-16H,3-6,13-14H2,1-2H3,(H,24,26)/b12-8+. The number of anilines is 2. The van der Waals surface area contributed by atoms with E-state index in [4.69, 9.17) is 9.47 Å². The fourth-order valence-corrected chi connectivity index (χ4v) is 3.19. The molecule has 1 amide bonds. The molecule has 2 aromatic rings. The maximum Gasteiger partial charge on any atom is 0.248 e. The molecule has 6 heteroatoms. The number of hydrogen-bond donors (Lipinski definition) is 1. The predicted molar refractivity (Wildman–Crippen MR) is 112 cm³/mol. The van der Waals surface area contributed by atoms with Crippen LogP contribution in [0.1, 0.15) is 31.7 Å². The zero-order valence-electron chi connectivity index (χ0n) is 16.5. The summed E-state index contributed by atoms with van der Waals surface area (Å²) in [4.78, 5) is 19.0. The van der Waals surface area contributed by atoms with Crippen LogP contribution in [0.15, 0.2) is 42.6 Å². The van der Waals surface area contributed by atoms with Gasteiger partial charge in [-0.05, 0) is 62.1 Å². The average Bonchev–Trinajstić information content (AvgIpc) is 2.74.